The number of aliphatic carboxylic acids is 2. The number of rotatable bonds is 4. The summed E-state index contributed by atoms with van der Waals surface area (Å²) in [5, 5.41) is 17.3. The third kappa shape index (κ3) is 3.18. The Kier molecular flexibility index (Phi) is 4.20. The van der Waals surface area contributed by atoms with Crippen molar-refractivity contribution in [2.24, 2.45) is 0 Å². The van der Waals surface area contributed by atoms with E-state index in [1.54, 1.807) is 0 Å². The summed E-state index contributed by atoms with van der Waals surface area (Å²) in [4.78, 5) is 32.4. The maximum Gasteiger partial charge on any atom is 0.343 e. The van der Waals surface area contributed by atoms with E-state index in [1.807, 2.05) is 0 Å². The summed E-state index contributed by atoms with van der Waals surface area (Å²) in [6.45, 7) is 0. The van der Waals surface area contributed by atoms with Gasteiger partial charge >= 0.3 is 17.9 Å². The molecule has 6 nitrogen and oxygen atoms in total. The summed E-state index contributed by atoms with van der Waals surface area (Å²) in [5.41, 5.74) is -0.0925. The molecular formula is C12H10O6. The average Bonchev–Trinajstić information content (AvgIpc) is 2.35. The van der Waals surface area contributed by atoms with Crippen molar-refractivity contribution in [2.45, 2.75) is 0 Å². The topological polar surface area (TPSA) is 101 Å². The van der Waals surface area contributed by atoms with E-state index in [-0.39, 0.29) is 0 Å². The molecule has 0 saturated heterocycles. The van der Waals surface area contributed by atoms with Gasteiger partial charge in [-0.3, -0.25) is 0 Å². The van der Waals surface area contributed by atoms with Crippen LogP contribution in [0.4, 0.5) is 0 Å². The summed E-state index contributed by atoms with van der Waals surface area (Å²) in [6.07, 6.45) is 1.01. The first-order chi connectivity index (χ1) is 8.45. The molecule has 0 aromatic heterocycles. The van der Waals surface area contributed by atoms with Crippen molar-refractivity contribution in [3.8, 4) is 0 Å². The van der Waals surface area contributed by atoms with Crippen LogP contribution in [0.1, 0.15) is 15.9 Å². The average molecular weight is 250 g/mol. The maximum absolute atomic E-state index is 11.1. The number of methoxy groups -OCH3 is 1. The lowest BCUT2D eigenvalue weighted by Crippen LogP contribution is -2.10. The number of carbonyl (C=O) groups is 3. The van der Waals surface area contributed by atoms with Gasteiger partial charge in [0.15, 0.2) is 0 Å². The Labute approximate surface area is 102 Å². The second kappa shape index (κ2) is 5.62. The molecule has 18 heavy (non-hydrogen) atoms. The van der Waals surface area contributed by atoms with Crippen LogP contribution in [0.5, 0.6) is 0 Å². The molecule has 94 valence electrons. The summed E-state index contributed by atoms with van der Waals surface area (Å²) >= 11 is 0. The maximum atomic E-state index is 11.1. The molecule has 6 heteroatoms. The van der Waals surface area contributed by atoms with Crippen LogP contribution < -0.4 is 0 Å². The van der Waals surface area contributed by atoms with Crippen molar-refractivity contribution < 1.29 is 29.3 Å². The molecule has 0 aliphatic heterocycles. The van der Waals surface area contributed by atoms with Crippen molar-refractivity contribution in [2.75, 3.05) is 7.11 Å². The second-order valence-corrected chi connectivity index (χ2v) is 3.28. The molecule has 0 atom stereocenters. The molecule has 0 saturated carbocycles. The van der Waals surface area contributed by atoms with Gasteiger partial charge in [0.25, 0.3) is 0 Å². The van der Waals surface area contributed by atoms with E-state index in [0.29, 0.717) is 11.1 Å². The molecule has 0 unspecified atom stereocenters. The van der Waals surface area contributed by atoms with Crippen molar-refractivity contribution in [1.82, 2.24) is 0 Å². The highest BCUT2D eigenvalue weighted by atomic mass is 16.5. The van der Waals surface area contributed by atoms with Crippen LogP contribution in [-0.2, 0) is 14.3 Å². The van der Waals surface area contributed by atoms with Gasteiger partial charge in [-0.15, -0.1) is 0 Å². The van der Waals surface area contributed by atoms with Crippen LogP contribution in [0, 0.1) is 0 Å². The first kappa shape index (κ1) is 13.4. The van der Waals surface area contributed by atoms with Crippen molar-refractivity contribution in [3.63, 3.8) is 0 Å². The minimum atomic E-state index is -1.53. The lowest BCUT2D eigenvalue weighted by atomic mass is 10.1. The van der Waals surface area contributed by atoms with Crippen LogP contribution in [0.15, 0.2) is 29.8 Å². The van der Waals surface area contributed by atoms with Gasteiger partial charge in [0.05, 0.1) is 12.7 Å². The van der Waals surface area contributed by atoms with Crippen molar-refractivity contribution >= 4 is 24.0 Å². The third-order valence-corrected chi connectivity index (χ3v) is 2.10. The molecule has 2 N–H and O–H groups in total. The number of ether oxygens (including phenoxy) is 1. The van der Waals surface area contributed by atoms with Gasteiger partial charge in [0.2, 0.25) is 0 Å². The molecule has 0 aliphatic carbocycles. The third-order valence-electron chi connectivity index (χ3n) is 2.10. The molecule has 0 amide bonds. The molecule has 0 aliphatic rings. The fourth-order valence-electron chi connectivity index (χ4n) is 1.21. The predicted molar refractivity (Wildman–Crippen MR) is 61.0 cm³/mol. The summed E-state index contributed by atoms with van der Waals surface area (Å²) in [5.74, 6) is -3.58. The van der Waals surface area contributed by atoms with Crippen LogP contribution in [-0.4, -0.2) is 35.2 Å². The summed E-state index contributed by atoms with van der Waals surface area (Å²) in [6, 6.07) is 5.69. The zero-order valence-corrected chi connectivity index (χ0v) is 9.41. The smallest absolute Gasteiger partial charge is 0.343 e. The SMILES string of the molecule is COC(=O)c1ccc(C=C(C(=O)O)C(=O)O)cc1. The minimum absolute atomic E-state index is 0.293. The molecule has 1 aromatic rings. The van der Waals surface area contributed by atoms with Gasteiger partial charge in [0, 0.05) is 0 Å². The number of hydrogen-bond donors (Lipinski definition) is 2. The van der Waals surface area contributed by atoms with Crippen LogP contribution in [0.2, 0.25) is 0 Å². The van der Waals surface area contributed by atoms with Crippen LogP contribution in [0.25, 0.3) is 6.08 Å². The largest absolute Gasteiger partial charge is 0.477 e. The number of hydrogen-bond acceptors (Lipinski definition) is 4. The first-order valence-corrected chi connectivity index (χ1v) is 4.82. The zero-order valence-electron chi connectivity index (χ0n) is 9.41. The fourth-order valence-corrected chi connectivity index (χ4v) is 1.21. The number of esters is 1. The molecule has 0 heterocycles. The highest BCUT2D eigenvalue weighted by Gasteiger charge is 2.15. The Morgan fingerprint density at radius 1 is 1.06 bits per heavy atom. The van der Waals surface area contributed by atoms with Gasteiger partial charge in [-0.25, -0.2) is 14.4 Å². The Morgan fingerprint density at radius 2 is 1.56 bits per heavy atom. The number of benzene rings is 1. The number of carboxylic acid groups (broad SMARTS) is 2. The Morgan fingerprint density at radius 3 is 1.94 bits per heavy atom. The molecule has 1 rings (SSSR count). The van der Waals surface area contributed by atoms with Gasteiger partial charge in [-0.2, -0.15) is 0 Å². The molecule has 0 radical (unpaired) electrons. The number of carboxylic acids is 2. The standard InChI is InChI=1S/C12H10O6/c1-18-12(17)8-4-2-7(3-5-8)6-9(10(13)14)11(15)16/h2-6H,1H3,(H,13,14)(H,15,16). The van der Waals surface area contributed by atoms with Gasteiger partial charge in [0.1, 0.15) is 5.57 Å². The fraction of sp³-hybridized carbons (Fsp3) is 0.0833. The van der Waals surface area contributed by atoms with E-state index in [1.165, 1.54) is 31.4 Å². The monoisotopic (exact) mass is 250 g/mol. The quantitative estimate of drug-likeness (QED) is 0.358. The van der Waals surface area contributed by atoms with Gasteiger partial charge in [-0.1, -0.05) is 12.1 Å². The van der Waals surface area contributed by atoms with E-state index in [0.717, 1.165) is 6.08 Å². The van der Waals surface area contributed by atoms with E-state index in [4.69, 9.17) is 10.2 Å². The van der Waals surface area contributed by atoms with Crippen LogP contribution in [0.3, 0.4) is 0 Å². The van der Waals surface area contributed by atoms with E-state index < -0.39 is 23.5 Å². The van der Waals surface area contributed by atoms with E-state index in [2.05, 4.69) is 4.74 Å². The van der Waals surface area contributed by atoms with Gasteiger partial charge < -0.3 is 14.9 Å². The zero-order chi connectivity index (χ0) is 13.7. The highest BCUT2D eigenvalue weighted by molar-refractivity contribution is 6.16. The Hall–Kier alpha value is -2.63. The molecule has 0 fully saturated rings. The normalized spacial score (nSPS) is 9.39. The molecule has 0 bridgehead atoms. The lowest BCUT2D eigenvalue weighted by molar-refractivity contribution is -0.140. The molecular weight excluding hydrogens is 240 g/mol. The molecule has 0 spiro atoms. The summed E-state index contributed by atoms with van der Waals surface area (Å²) in [7, 11) is 1.24. The van der Waals surface area contributed by atoms with Gasteiger partial charge in [-0.05, 0) is 23.8 Å². The second-order valence-electron chi connectivity index (χ2n) is 3.28. The first-order valence-electron chi connectivity index (χ1n) is 4.82. The lowest BCUT2D eigenvalue weighted by Gasteiger charge is -2.00. The highest BCUT2D eigenvalue weighted by Crippen LogP contribution is 2.10. The van der Waals surface area contributed by atoms with Crippen LogP contribution >= 0.6 is 0 Å². The van der Waals surface area contributed by atoms with E-state index in [9.17, 15) is 14.4 Å². The Bertz CT molecular complexity index is 496. The Balaban J connectivity index is 3.05. The van der Waals surface area contributed by atoms with Crippen molar-refractivity contribution in [3.05, 3.63) is 41.0 Å². The predicted octanol–water partition coefficient (Wildman–Crippen LogP) is 1.03. The molecule has 1 aromatic carbocycles. The summed E-state index contributed by atoms with van der Waals surface area (Å²) < 4.78 is 4.49. The van der Waals surface area contributed by atoms with Crippen molar-refractivity contribution in [1.29, 1.82) is 0 Å². The number of carbonyl (C=O) groups excluding carboxylic acids is 1. The van der Waals surface area contributed by atoms with E-state index >= 15 is 0 Å². The minimum Gasteiger partial charge on any atom is -0.477 e.